The Bertz CT molecular complexity index is 1250. The summed E-state index contributed by atoms with van der Waals surface area (Å²) in [4.78, 5) is 0. The molecule has 2 aromatic carbocycles. The van der Waals surface area contributed by atoms with E-state index in [2.05, 4.69) is 18.5 Å². The van der Waals surface area contributed by atoms with E-state index in [-0.39, 0.29) is 0 Å². The topological polar surface area (TPSA) is 76.6 Å². The van der Waals surface area contributed by atoms with Crippen molar-refractivity contribution in [1.29, 1.82) is 0 Å². The Morgan fingerprint density at radius 3 is 1.45 bits per heavy atom. The summed E-state index contributed by atoms with van der Waals surface area (Å²) in [5, 5.41) is 3.46. The highest BCUT2D eigenvalue weighted by Gasteiger charge is 2.19. The molecule has 0 unspecified atom stereocenters. The minimum Gasteiger partial charge on any atom is -0.493 e. The number of hydrogen-bond acceptors (Lipinski definition) is 8. The van der Waals surface area contributed by atoms with E-state index in [1.54, 1.807) is 42.7 Å². The molecular formula is C32H37NO7. The van der Waals surface area contributed by atoms with Crippen LogP contribution in [0.5, 0.6) is 11.5 Å². The maximum atomic E-state index is 6.40. The molecule has 0 spiro atoms. The zero-order chi connectivity index (χ0) is 29.1. The van der Waals surface area contributed by atoms with Gasteiger partial charge in [0, 0.05) is 14.2 Å². The monoisotopic (exact) mass is 547 g/mol. The number of fused-ring (bicyclic) bond motifs is 2. The molecule has 3 rings (SSSR count). The molecular weight excluding hydrogens is 510 g/mol. The van der Waals surface area contributed by atoms with Gasteiger partial charge in [-0.25, -0.2) is 0 Å². The van der Waals surface area contributed by atoms with Crippen molar-refractivity contribution in [3.63, 3.8) is 0 Å². The lowest BCUT2D eigenvalue weighted by atomic mass is 10.0. The third kappa shape index (κ3) is 7.37. The zero-order valence-corrected chi connectivity index (χ0v) is 24.0. The van der Waals surface area contributed by atoms with Crippen molar-refractivity contribution in [1.82, 2.24) is 0 Å². The quantitative estimate of drug-likeness (QED) is 0.171. The van der Waals surface area contributed by atoms with Crippen molar-refractivity contribution in [3.8, 4) is 11.5 Å². The number of rotatable bonds is 14. The zero-order valence-electron chi connectivity index (χ0n) is 24.0. The lowest BCUT2D eigenvalue weighted by Crippen LogP contribution is -2.04. The Morgan fingerprint density at radius 2 is 1.10 bits per heavy atom. The van der Waals surface area contributed by atoms with E-state index in [0.717, 1.165) is 33.6 Å². The number of benzene rings is 2. The van der Waals surface area contributed by atoms with E-state index in [1.165, 1.54) is 0 Å². The fourth-order valence-electron chi connectivity index (χ4n) is 3.90. The first-order chi connectivity index (χ1) is 19.4. The fourth-order valence-corrected chi connectivity index (χ4v) is 3.90. The van der Waals surface area contributed by atoms with Gasteiger partial charge in [-0.15, -0.1) is 0 Å². The van der Waals surface area contributed by atoms with Crippen LogP contribution < -0.4 is 10.1 Å². The first-order valence-electron chi connectivity index (χ1n) is 12.5. The van der Waals surface area contributed by atoms with Crippen molar-refractivity contribution < 1.29 is 33.2 Å². The second-order valence-electron chi connectivity index (χ2n) is 8.56. The van der Waals surface area contributed by atoms with Crippen LogP contribution in [0.15, 0.2) is 96.9 Å². The standard InChI is InChI=1S/C32H37NO7/c1-21(36-5)29(38-7)17-25(13-15-34-3)23-9-11-27-31(19-23)40-32-20-24(10-12-28(32)33-27)26(14-16-35-4)18-30(39-8)22(2)37-6/h9-14,17-20,33H,1-2,15-16H2,3-8H3/b25-13+,26-14+,29-17+,30-18+. The molecule has 8 heteroatoms. The van der Waals surface area contributed by atoms with E-state index < -0.39 is 0 Å². The van der Waals surface area contributed by atoms with Gasteiger partial charge in [-0.1, -0.05) is 37.4 Å². The predicted molar refractivity (Wildman–Crippen MR) is 158 cm³/mol. The predicted octanol–water partition coefficient (Wildman–Crippen LogP) is 6.98. The molecule has 2 aromatic rings. The molecule has 212 valence electrons. The highest BCUT2D eigenvalue weighted by atomic mass is 16.5. The highest BCUT2D eigenvalue weighted by Crippen LogP contribution is 2.44. The molecule has 40 heavy (non-hydrogen) atoms. The van der Waals surface area contributed by atoms with Gasteiger partial charge in [-0.05, 0) is 58.7 Å². The van der Waals surface area contributed by atoms with Crippen molar-refractivity contribution in [2.45, 2.75) is 0 Å². The molecule has 0 atom stereocenters. The van der Waals surface area contributed by atoms with Gasteiger partial charge < -0.3 is 38.5 Å². The summed E-state index contributed by atoms with van der Waals surface area (Å²) in [5.41, 5.74) is 5.23. The Kier molecular flexibility index (Phi) is 11.1. The minimum atomic E-state index is 0.410. The van der Waals surface area contributed by atoms with Gasteiger partial charge >= 0.3 is 0 Å². The normalized spacial score (nSPS) is 13.3. The maximum absolute atomic E-state index is 6.40. The van der Waals surface area contributed by atoms with Gasteiger partial charge in [-0.2, -0.15) is 0 Å². The van der Waals surface area contributed by atoms with Gasteiger partial charge in [0.05, 0.1) is 53.0 Å². The molecule has 0 radical (unpaired) electrons. The third-order valence-corrected chi connectivity index (χ3v) is 6.11. The number of hydrogen-bond donors (Lipinski definition) is 1. The average molecular weight is 548 g/mol. The summed E-state index contributed by atoms with van der Waals surface area (Å²) in [6.07, 6.45) is 7.61. The van der Waals surface area contributed by atoms with Crippen LogP contribution in [0.4, 0.5) is 11.4 Å². The van der Waals surface area contributed by atoms with Crippen molar-refractivity contribution in [2.75, 3.05) is 61.2 Å². The van der Waals surface area contributed by atoms with Crippen LogP contribution in [0.3, 0.4) is 0 Å². The lowest BCUT2D eigenvalue weighted by Gasteiger charge is -2.23. The van der Waals surface area contributed by atoms with Crippen LogP contribution in [0.25, 0.3) is 11.1 Å². The summed E-state index contributed by atoms with van der Waals surface area (Å²) in [6, 6.07) is 11.9. The van der Waals surface area contributed by atoms with Crippen LogP contribution in [-0.2, 0) is 28.4 Å². The fraction of sp³-hybridized carbons (Fsp3) is 0.250. The maximum Gasteiger partial charge on any atom is 0.160 e. The second-order valence-corrected chi connectivity index (χ2v) is 8.56. The number of nitrogens with one attached hydrogen (secondary N) is 1. The molecule has 8 nitrogen and oxygen atoms in total. The first kappa shape index (κ1) is 30.1. The van der Waals surface area contributed by atoms with Crippen LogP contribution in [0.1, 0.15) is 11.1 Å². The summed E-state index contributed by atoms with van der Waals surface area (Å²) < 4.78 is 38.5. The Hall–Kier alpha value is -4.40. The molecule has 0 saturated heterocycles. The largest absolute Gasteiger partial charge is 0.493 e. The van der Waals surface area contributed by atoms with Crippen LogP contribution >= 0.6 is 0 Å². The van der Waals surface area contributed by atoms with Crippen molar-refractivity contribution >= 4 is 22.5 Å². The second kappa shape index (κ2) is 14.7. The number of anilines is 2. The van der Waals surface area contributed by atoms with Gasteiger partial charge in [-0.3, -0.25) is 0 Å². The molecule has 1 aliphatic heterocycles. The lowest BCUT2D eigenvalue weighted by molar-refractivity contribution is 0.221. The minimum absolute atomic E-state index is 0.410. The van der Waals surface area contributed by atoms with Crippen molar-refractivity contribution in [3.05, 3.63) is 108 Å². The van der Waals surface area contributed by atoms with Crippen LogP contribution in [-0.4, -0.2) is 55.9 Å². The molecule has 0 amide bonds. The first-order valence-corrected chi connectivity index (χ1v) is 12.5. The molecule has 1 aliphatic rings. The van der Waals surface area contributed by atoms with E-state index in [0.29, 0.717) is 47.7 Å². The summed E-state index contributed by atoms with van der Waals surface area (Å²) in [7, 11) is 9.53. The molecule has 1 heterocycles. The van der Waals surface area contributed by atoms with E-state index >= 15 is 0 Å². The third-order valence-electron chi connectivity index (χ3n) is 6.11. The Morgan fingerprint density at radius 1 is 0.675 bits per heavy atom. The SMILES string of the molecule is C=C(OC)/C(=C\C(=C/COC)c1ccc2c(c1)Oc1cc(C(/C=C(/OC)C(=C)OC)=C/COC)ccc1N2)OC. The molecule has 0 aromatic heterocycles. The highest BCUT2D eigenvalue weighted by molar-refractivity contribution is 5.84. The van der Waals surface area contributed by atoms with Crippen molar-refractivity contribution in [2.24, 2.45) is 0 Å². The van der Waals surface area contributed by atoms with Crippen LogP contribution in [0.2, 0.25) is 0 Å². The molecule has 0 saturated carbocycles. The average Bonchev–Trinajstić information content (AvgIpc) is 2.99. The summed E-state index contributed by atoms with van der Waals surface area (Å²) >= 11 is 0. The molecule has 0 aliphatic carbocycles. The van der Waals surface area contributed by atoms with Gasteiger partial charge in [0.1, 0.15) is 0 Å². The molecule has 0 bridgehead atoms. The molecule has 1 N–H and O–H groups in total. The number of methoxy groups -OCH3 is 6. The van der Waals surface area contributed by atoms with E-state index in [4.69, 9.17) is 33.2 Å². The van der Waals surface area contributed by atoms with Crippen LogP contribution in [0, 0.1) is 0 Å². The van der Waals surface area contributed by atoms with Gasteiger partial charge in [0.15, 0.2) is 34.5 Å². The Labute approximate surface area is 236 Å². The summed E-state index contributed by atoms with van der Waals surface area (Å²) in [5.74, 6) is 3.19. The van der Waals surface area contributed by atoms with Gasteiger partial charge in [0.2, 0.25) is 0 Å². The Balaban J connectivity index is 2.00. The number of ether oxygens (including phenoxy) is 7. The smallest absolute Gasteiger partial charge is 0.160 e. The summed E-state index contributed by atoms with van der Waals surface area (Å²) in [6.45, 7) is 8.62. The number of allylic oxidation sites excluding steroid dienone is 4. The van der Waals surface area contributed by atoms with E-state index in [1.807, 2.05) is 60.7 Å². The van der Waals surface area contributed by atoms with E-state index in [9.17, 15) is 0 Å². The molecule has 0 fully saturated rings. The van der Waals surface area contributed by atoms with Gasteiger partial charge in [0.25, 0.3) is 0 Å².